The van der Waals surface area contributed by atoms with E-state index in [0.717, 1.165) is 5.56 Å². The molecule has 1 aliphatic rings. The number of methoxy groups -OCH3 is 2. The van der Waals surface area contributed by atoms with Crippen LogP contribution < -0.4 is 0 Å². The second-order valence-corrected chi connectivity index (χ2v) is 7.11. The van der Waals surface area contributed by atoms with E-state index >= 15 is 0 Å². The van der Waals surface area contributed by atoms with Crippen molar-refractivity contribution >= 4 is 23.5 Å². The van der Waals surface area contributed by atoms with Crippen molar-refractivity contribution in [2.45, 2.75) is 18.9 Å². The zero-order chi connectivity index (χ0) is 21.0. The van der Waals surface area contributed by atoms with Gasteiger partial charge in [-0.25, -0.2) is 9.59 Å². The predicted octanol–water partition coefficient (Wildman–Crippen LogP) is 4.61. The van der Waals surface area contributed by atoms with E-state index in [1.807, 2.05) is 48.2 Å². The van der Waals surface area contributed by atoms with Crippen LogP contribution in [0.5, 0.6) is 0 Å². The molecular weight excluding hydrogens is 390 g/mol. The van der Waals surface area contributed by atoms with Crippen molar-refractivity contribution in [2.75, 3.05) is 14.2 Å². The Morgan fingerprint density at radius 2 is 1.52 bits per heavy atom. The van der Waals surface area contributed by atoms with Crippen LogP contribution in [0.1, 0.15) is 30.0 Å². The van der Waals surface area contributed by atoms with Gasteiger partial charge in [0.1, 0.15) is 0 Å². The maximum Gasteiger partial charge on any atom is 0.336 e. The van der Waals surface area contributed by atoms with Gasteiger partial charge in [-0.15, -0.1) is 0 Å². The number of ether oxygens (including phenoxy) is 2. The number of nitrogens with zero attached hydrogens (tertiary/aromatic N) is 1. The Morgan fingerprint density at radius 3 is 2.03 bits per heavy atom. The Bertz CT molecular complexity index is 934. The topological polar surface area (TPSA) is 55.8 Å². The summed E-state index contributed by atoms with van der Waals surface area (Å²) in [5.74, 6) is -1.68. The smallest absolute Gasteiger partial charge is 0.336 e. The van der Waals surface area contributed by atoms with E-state index in [-0.39, 0.29) is 6.04 Å². The summed E-state index contributed by atoms with van der Waals surface area (Å²) in [7, 11) is 2.64. The van der Waals surface area contributed by atoms with Crippen LogP contribution in [0.2, 0.25) is 5.02 Å². The summed E-state index contributed by atoms with van der Waals surface area (Å²) >= 11 is 6.16. The van der Waals surface area contributed by atoms with Gasteiger partial charge in [-0.3, -0.25) is 0 Å². The van der Waals surface area contributed by atoms with Crippen LogP contribution in [0.15, 0.2) is 78.1 Å². The molecule has 0 N–H and O–H groups in total. The zero-order valence-electron chi connectivity index (χ0n) is 16.5. The summed E-state index contributed by atoms with van der Waals surface area (Å²) < 4.78 is 10.0. The highest BCUT2D eigenvalue weighted by Gasteiger charge is 2.36. The number of esters is 2. The molecule has 2 aromatic carbocycles. The van der Waals surface area contributed by atoms with Gasteiger partial charge >= 0.3 is 11.9 Å². The normalized spacial score (nSPS) is 15.2. The first-order chi connectivity index (χ1) is 14.0. The lowest BCUT2D eigenvalue weighted by molar-refractivity contribution is -0.137. The lowest BCUT2D eigenvalue weighted by atomic mass is 9.83. The summed E-state index contributed by atoms with van der Waals surface area (Å²) in [6, 6.07) is 16.8. The van der Waals surface area contributed by atoms with Crippen molar-refractivity contribution in [3.8, 4) is 0 Å². The first kappa shape index (κ1) is 20.7. The largest absolute Gasteiger partial charge is 0.466 e. The van der Waals surface area contributed by atoms with E-state index in [1.165, 1.54) is 14.2 Å². The second kappa shape index (κ2) is 8.97. The Hall–Kier alpha value is -3.05. The van der Waals surface area contributed by atoms with Crippen LogP contribution in [0.25, 0.3) is 0 Å². The number of carbonyl (C=O) groups excluding carboxylic acids is 2. The molecule has 0 bridgehead atoms. The van der Waals surface area contributed by atoms with E-state index in [0.29, 0.717) is 21.7 Å². The van der Waals surface area contributed by atoms with Gasteiger partial charge in [-0.2, -0.15) is 0 Å². The highest BCUT2D eigenvalue weighted by molar-refractivity contribution is 6.30. The van der Waals surface area contributed by atoms with Crippen LogP contribution in [0, 0.1) is 0 Å². The third-order valence-electron chi connectivity index (χ3n) is 4.95. The average Bonchev–Trinajstić information content (AvgIpc) is 2.77. The number of hydrogen-bond donors (Lipinski definition) is 0. The maximum absolute atomic E-state index is 12.7. The third-order valence-corrected chi connectivity index (χ3v) is 5.19. The van der Waals surface area contributed by atoms with Gasteiger partial charge in [0.25, 0.3) is 0 Å². The number of rotatable bonds is 5. The quantitative estimate of drug-likeness (QED) is 0.672. The molecule has 0 fully saturated rings. The molecular formula is C23H22ClNO4. The van der Waals surface area contributed by atoms with E-state index in [9.17, 15) is 9.59 Å². The minimum atomic E-state index is -0.646. The molecule has 1 heterocycles. The molecule has 29 heavy (non-hydrogen) atoms. The molecule has 0 unspecified atom stereocenters. The van der Waals surface area contributed by atoms with E-state index < -0.39 is 17.9 Å². The second-order valence-electron chi connectivity index (χ2n) is 6.67. The van der Waals surface area contributed by atoms with Gasteiger partial charge in [0.15, 0.2) is 0 Å². The lowest BCUT2D eigenvalue weighted by Gasteiger charge is -2.33. The number of carbonyl (C=O) groups is 2. The van der Waals surface area contributed by atoms with E-state index in [1.54, 1.807) is 30.6 Å². The fraction of sp³-hybridized carbons (Fsp3) is 0.217. The summed E-state index contributed by atoms with van der Waals surface area (Å²) in [4.78, 5) is 27.2. The first-order valence-electron chi connectivity index (χ1n) is 9.14. The van der Waals surface area contributed by atoms with Crippen molar-refractivity contribution in [2.24, 2.45) is 0 Å². The van der Waals surface area contributed by atoms with Gasteiger partial charge in [0.05, 0.1) is 37.3 Å². The summed E-state index contributed by atoms with van der Waals surface area (Å²) in [5, 5.41) is 0.510. The molecule has 2 aromatic rings. The molecule has 0 amide bonds. The monoisotopic (exact) mass is 411 g/mol. The van der Waals surface area contributed by atoms with Crippen LogP contribution in [0.4, 0.5) is 0 Å². The molecule has 0 radical (unpaired) electrons. The lowest BCUT2D eigenvalue weighted by Crippen LogP contribution is -2.30. The molecule has 0 aliphatic carbocycles. The minimum Gasteiger partial charge on any atom is -0.466 e. The Labute approximate surface area is 175 Å². The fourth-order valence-electron chi connectivity index (χ4n) is 3.42. The summed E-state index contributed by atoms with van der Waals surface area (Å²) in [5.41, 5.74) is 2.41. The molecule has 0 spiro atoms. The van der Waals surface area contributed by atoms with E-state index in [4.69, 9.17) is 21.1 Å². The third kappa shape index (κ3) is 4.35. The molecule has 1 atom stereocenters. The van der Waals surface area contributed by atoms with Crippen molar-refractivity contribution in [1.29, 1.82) is 0 Å². The predicted molar refractivity (Wildman–Crippen MR) is 111 cm³/mol. The minimum absolute atomic E-state index is 0.115. The van der Waals surface area contributed by atoms with E-state index in [2.05, 4.69) is 0 Å². The standard InChI is InChI=1S/C23H22ClNO4/c1-15(16-8-5-4-6-9-16)25-13-19(22(26)28-2)21(20(14-25)23(27)29-3)17-10-7-11-18(24)12-17/h4-15,21H,1-3H3/t15-/m0/s1. The number of benzene rings is 2. The van der Waals surface area contributed by atoms with Crippen molar-refractivity contribution < 1.29 is 19.1 Å². The molecule has 0 aromatic heterocycles. The zero-order valence-corrected chi connectivity index (χ0v) is 17.2. The average molecular weight is 412 g/mol. The van der Waals surface area contributed by atoms with Crippen molar-refractivity contribution in [3.63, 3.8) is 0 Å². The Morgan fingerprint density at radius 1 is 0.931 bits per heavy atom. The Balaban J connectivity index is 2.14. The fourth-order valence-corrected chi connectivity index (χ4v) is 3.62. The summed E-state index contributed by atoms with van der Waals surface area (Å²) in [6.45, 7) is 1.99. The molecule has 1 aliphatic heterocycles. The first-order valence-corrected chi connectivity index (χ1v) is 9.52. The molecule has 150 valence electrons. The highest BCUT2D eigenvalue weighted by atomic mass is 35.5. The molecule has 0 saturated carbocycles. The molecule has 3 rings (SSSR count). The van der Waals surface area contributed by atoms with Gasteiger partial charge in [0, 0.05) is 17.4 Å². The van der Waals surface area contributed by atoms with Crippen LogP contribution in [-0.2, 0) is 19.1 Å². The highest BCUT2D eigenvalue weighted by Crippen LogP contribution is 2.39. The Kier molecular flexibility index (Phi) is 6.39. The maximum atomic E-state index is 12.7. The number of hydrogen-bond acceptors (Lipinski definition) is 5. The molecule has 6 heteroatoms. The number of halogens is 1. The van der Waals surface area contributed by atoms with Crippen molar-refractivity contribution in [1.82, 2.24) is 4.90 Å². The van der Waals surface area contributed by atoms with Crippen molar-refractivity contribution in [3.05, 3.63) is 94.3 Å². The van der Waals surface area contributed by atoms with Gasteiger partial charge in [-0.05, 0) is 30.2 Å². The SMILES string of the molecule is COC(=O)C1=CN([C@@H](C)c2ccccc2)C=C(C(=O)OC)C1c1cccc(Cl)c1. The van der Waals surface area contributed by atoms with Gasteiger partial charge in [-0.1, -0.05) is 54.1 Å². The van der Waals surface area contributed by atoms with Gasteiger partial charge in [0.2, 0.25) is 0 Å². The van der Waals surface area contributed by atoms with Crippen LogP contribution >= 0.6 is 11.6 Å². The van der Waals surface area contributed by atoms with Crippen LogP contribution in [-0.4, -0.2) is 31.1 Å². The molecule has 0 saturated heterocycles. The van der Waals surface area contributed by atoms with Crippen LogP contribution in [0.3, 0.4) is 0 Å². The summed E-state index contributed by atoms with van der Waals surface area (Å²) in [6.07, 6.45) is 3.45. The van der Waals surface area contributed by atoms with Gasteiger partial charge < -0.3 is 14.4 Å². The molecule has 5 nitrogen and oxygen atoms in total.